The van der Waals surface area contributed by atoms with E-state index in [4.69, 9.17) is 10.5 Å². The van der Waals surface area contributed by atoms with E-state index in [0.29, 0.717) is 16.6 Å². The van der Waals surface area contributed by atoms with Gasteiger partial charge in [-0.3, -0.25) is 0 Å². The lowest BCUT2D eigenvalue weighted by atomic mass is 10.1. The van der Waals surface area contributed by atoms with Gasteiger partial charge in [0.2, 0.25) is 0 Å². The maximum absolute atomic E-state index is 12.9. The quantitative estimate of drug-likeness (QED) is 0.767. The number of hydrogen-bond donors (Lipinski definition) is 1. The second-order valence-electron chi connectivity index (χ2n) is 4.52. The molecule has 0 spiro atoms. The van der Waals surface area contributed by atoms with E-state index in [2.05, 4.69) is 4.98 Å². The minimum Gasteiger partial charge on any atom is -0.457 e. The summed E-state index contributed by atoms with van der Waals surface area (Å²) in [6.07, 6.45) is 0. The Morgan fingerprint density at radius 3 is 2.48 bits per heavy atom. The van der Waals surface area contributed by atoms with E-state index >= 15 is 0 Å². The summed E-state index contributed by atoms with van der Waals surface area (Å²) in [5, 5.41) is 0.527. The fourth-order valence-corrected chi connectivity index (χ4v) is 2.90. The Morgan fingerprint density at radius 1 is 1.10 bits per heavy atom. The zero-order valence-corrected chi connectivity index (χ0v) is 12.2. The molecule has 1 aromatic heterocycles. The van der Waals surface area contributed by atoms with Crippen LogP contribution in [0.4, 0.5) is 9.52 Å². The van der Waals surface area contributed by atoms with Gasteiger partial charge in [0.1, 0.15) is 17.3 Å². The number of halogens is 1. The minimum absolute atomic E-state index is 0.290. The van der Waals surface area contributed by atoms with E-state index in [1.165, 1.54) is 23.5 Å². The van der Waals surface area contributed by atoms with Gasteiger partial charge in [-0.05, 0) is 43.3 Å². The molecule has 0 amide bonds. The number of aromatic nitrogens is 1. The van der Waals surface area contributed by atoms with Gasteiger partial charge in [-0.15, -0.1) is 0 Å². The summed E-state index contributed by atoms with van der Waals surface area (Å²) in [5.41, 5.74) is 7.55. The van der Waals surface area contributed by atoms with E-state index in [1.807, 2.05) is 31.2 Å². The lowest BCUT2D eigenvalue weighted by Crippen LogP contribution is -1.88. The molecule has 0 unspecified atom stereocenters. The molecule has 0 radical (unpaired) electrons. The predicted molar refractivity (Wildman–Crippen MR) is 83.2 cm³/mol. The molecule has 106 valence electrons. The van der Waals surface area contributed by atoms with Crippen molar-refractivity contribution >= 4 is 16.5 Å². The number of benzene rings is 2. The first-order chi connectivity index (χ1) is 10.1. The molecule has 5 heteroatoms. The van der Waals surface area contributed by atoms with E-state index < -0.39 is 0 Å². The lowest BCUT2D eigenvalue weighted by molar-refractivity contribution is 0.482. The summed E-state index contributed by atoms with van der Waals surface area (Å²) in [6, 6.07) is 13.6. The molecule has 0 aliphatic heterocycles. The van der Waals surface area contributed by atoms with Crippen LogP contribution in [0, 0.1) is 12.7 Å². The topological polar surface area (TPSA) is 48.1 Å². The highest BCUT2D eigenvalue weighted by Gasteiger charge is 2.13. The number of anilines is 1. The van der Waals surface area contributed by atoms with Crippen LogP contribution in [0.5, 0.6) is 11.5 Å². The molecular weight excluding hydrogens is 287 g/mol. The molecule has 0 aliphatic carbocycles. The van der Waals surface area contributed by atoms with Gasteiger partial charge in [0, 0.05) is 5.56 Å². The molecule has 21 heavy (non-hydrogen) atoms. The summed E-state index contributed by atoms with van der Waals surface area (Å²) in [7, 11) is 0. The molecule has 3 nitrogen and oxygen atoms in total. The number of para-hydroxylation sites is 1. The Bertz CT molecular complexity index is 768. The third-order valence-corrected chi connectivity index (χ3v) is 4.01. The van der Waals surface area contributed by atoms with Gasteiger partial charge < -0.3 is 10.5 Å². The summed E-state index contributed by atoms with van der Waals surface area (Å²) >= 11 is 1.42. The maximum atomic E-state index is 12.9. The van der Waals surface area contributed by atoms with Gasteiger partial charge in [-0.2, -0.15) is 0 Å². The monoisotopic (exact) mass is 300 g/mol. The first kappa shape index (κ1) is 13.6. The number of nitrogens with zero attached hydrogens (tertiary/aromatic N) is 1. The molecular formula is C16H13FN2OS. The van der Waals surface area contributed by atoms with Gasteiger partial charge in [0.05, 0.1) is 10.6 Å². The summed E-state index contributed by atoms with van der Waals surface area (Å²) in [4.78, 5) is 5.22. The van der Waals surface area contributed by atoms with Crippen LogP contribution >= 0.6 is 11.3 Å². The van der Waals surface area contributed by atoms with Crippen LogP contribution in [-0.4, -0.2) is 4.98 Å². The number of hydrogen-bond acceptors (Lipinski definition) is 4. The lowest BCUT2D eigenvalue weighted by Gasteiger charge is -2.10. The Kier molecular flexibility index (Phi) is 3.58. The third-order valence-electron chi connectivity index (χ3n) is 2.99. The molecule has 0 aliphatic rings. The Hall–Kier alpha value is -2.40. The number of nitrogen functional groups attached to an aromatic ring is 1. The van der Waals surface area contributed by atoms with Gasteiger partial charge in [-0.25, -0.2) is 9.37 Å². The smallest absolute Gasteiger partial charge is 0.180 e. The highest BCUT2D eigenvalue weighted by atomic mass is 32.1. The van der Waals surface area contributed by atoms with Crippen LogP contribution in [-0.2, 0) is 0 Å². The molecule has 0 saturated heterocycles. The highest BCUT2D eigenvalue weighted by Crippen LogP contribution is 2.38. The van der Waals surface area contributed by atoms with Gasteiger partial charge in [0.15, 0.2) is 5.13 Å². The van der Waals surface area contributed by atoms with Crippen LogP contribution < -0.4 is 10.5 Å². The Balaban J connectivity index is 2.00. The van der Waals surface area contributed by atoms with Crippen molar-refractivity contribution in [2.45, 2.75) is 6.92 Å². The fourth-order valence-electron chi connectivity index (χ4n) is 2.04. The molecule has 1 heterocycles. The first-order valence-corrected chi connectivity index (χ1v) is 7.21. The SMILES string of the molecule is Cc1nc(N)sc1-c1ccccc1Oc1ccc(F)cc1. The molecule has 0 saturated carbocycles. The molecule has 3 rings (SSSR count). The van der Waals surface area contributed by atoms with E-state index in [9.17, 15) is 4.39 Å². The maximum Gasteiger partial charge on any atom is 0.180 e. The number of ether oxygens (including phenoxy) is 1. The van der Waals surface area contributed by atoms with E-state index in [-0.39, 0.29) is 5.82 Å². The van der Waals surface area contributed by atoms with E-state index in [1.54, 1.807) is 12.1 Å². The van der Waals surface area contributed by atoms with Gasteiger partial charge >= 0.3 is 0 Å². The molecule has 2 N–H and O–H groups in total. The number of thiazole rings is 1. The largest absolute Gasteiger partial charge is 0.457 e. The number of aryl methyl sites for hydroxylation is 1. The summed E-state index contributed by atoms with van der Waals surface area (Å²) < 4.78 is 18.8. The Morgan fingerprint density at radius 2 is 1.81 bits per heavy atom. The van der Waals surface area contributed by atoms with Crippen molar-refractivity contribution in [3.63, 3.8) is 0 Å². The zero-order valence-electron chi connectivity index (χ0n) is 11.3. The van der Waals surface area contributed by atoms with Crippen molar-refractivity contribution in [2.75, 3.05) is 5.73 Å². The van der Waals surface area contributed by atoms with Gasteiger partial charge in [0.25, 0.3) is 0 Å². The fraction of sp³-hybridized carbons (Fsp3) is 0.0625. The number of nitrogens with two attached hydrogens (primary N) is 1. The summed E-state index contributed by atoms with van der Waals surface area (Å²) in [6.45, 7) is 1.91. The second-order valence-corrected chi connectivity index (χ2v) is 5.55. The van der Waals surface area contributed by atoms with E-state index in [0.717, 1.165) is 16.1 Å². The van der Waals surface area contributed by atoms with Crippen molar-refractivity contribution in [3.05, 3.63) is 60.0 Å². The van der Waals surface area contributed by atoms with Crippen molar-refractivity contribution in [3.8, 4) is 21.9 Å². The normalized spacial score (nSPS) is 10.6. The van der Waals surface area contributed by atoms with Crippen LogP contribution in [0.15, 0.2) is 48.5 Å². The molecule has 0 atom stereocenters. The van der Waals surface area contributed by atoms with Gasteiger partial charge in [-0.1, -0.05) is 23.5 Å². The highest BCUT2D eigenvalue weighted by molar-refractivity contribution is 7.18. The first-order valence-electron chi connectivity index (χ1n) is 6.39. The van der Waals surface area contributed by atoms with Crippen molar-refractivity contribution in [1.82, 2.24) is 4.98 Å². The summed E-state index contributed by atoms with van der Waals surface area (Å²) in [5.74, 6) is 0.983. The van der Waals surface area contributed by atoms with Crippen LogP contribution in [0.2, 0.25) is 0 Å². The number of rotatable bonds is 3. The molecule has 3 aromatic rings. The second kappa shape index (κ2) is 5.54. The molecule has 0 fully saturated rings. The van der Waals surface area contributed by atoms with Crippen LogP contribution in [0.1, 0.15) is 5.69 Å². The minimum atomic E-state index is -0.290. The van der Waals surface area contributed by atoms with Crippen LogP contribution in [0.25, 0.3) is 10.4 Å². The zero-order chi connectivity index (χ0) is 14.8. The average molecular weight is 300 g/mol. The third kappa shape index (κ3) is 2.87. The molecule has 2 aromatic carbocycles. The standard InChI is InChI=1S/C16H13FN2OS/c1-10-15(21-16(18)19-10)13-4-2-3-5-14(13)20-12-8-6-11(17)7-9-12/h2-9H,1H3,(H2,18,19). The predicted octanol–water partition coefficient (Wildman–Crippen LogP) is 4.63. The average Bonchev–Trinajstić information content (AvgIpc) is 2.81. The van der Waals surface area contributed by atoms with Crippen molar-refractivity contribution in [1.29, 1.82) is 0 Å². The van der Waals surface area contributed by atoms with Crippen LogP contribution in [0.3, 0.4) is 0 Å². The van der Waals surface area contributed by atoms with Crippen molar-refractivity contribution < 1.29 is 9.13 Å². The molecule has 0 bridgehead atoms. The Labute approximate surface area is 125 Å². The van der Waals surface area contributed by atoms with Crippen molar-refractivity contribution in [2.24, 2.45) is 0 Å².